The van der Waals surface area contributed by atoms with Crippen molar-refractivity contribution in [3.8, 4) is 5.88 Å². The predicted molar refractivity (Wildman–Crippen MR) is 146 cm³/mol. The number of nitrogens with zero attached hydrogens (tertiary/aromatic N) is 8. The van der Waals surface area contributed by atoms with Gasteiger partial charge >= 0.3 is 6.09 Å². The van der Waals surface area contributed by atoms with Gasteiger partial charge in [-0.3, -0.25) is 9.52 Å². The number of methoxy groups -OCH3 is 1. The minimum absolute atomic E-state index is 0.259. The van der Waals surface area contributed by atoms with Crippen molar-refractivity contribution >= 4 is 34.7 Å². The van der Waals surface area contributed by atoms with Crippen LogP contribution >= 0.6 is 0 Å². The lowest BCUT2D eigenvalue weighted by Gasteiger charge is -2.24. The maximum absolute atomic E-state index is 13.8. The monoisotopic (exact) mass is 549 g/mol. The molecule has 216 valence electrons. The Morgan fingerprint density at radius 2 is 2.03 bits per heavy atom. The Bertz CT molecular complexity index is 1240. The molecule has 0 aliphatic carbocycles. The Morgan fingerprint density at radius 1 is 1.28 bits per heavy atom. The molecule has 1 atom stereocenters. The fourth-order valence-electron chi connectivity index (χ4n) is 3.81. The zero-order chi connectivity index (χ0) is 28.7. The maximum Gasteiger partial charge on any atom is 0.434 e. The van der Waals surface area contributed by atoms with Crippen LogP contribution in [-0.4, -0.2) is 86.1 Å². The first-order valence-electron chi connectivity index (χ1n) is 13.1. The number of alkyl halides is 1. The molecular formula is C25H40FN9O4. The van der Waals surface area contributed by atoms with Gasteiger partial charge in [-0.2, -0.15) is 15.0 Å². The Kier molecular flexibility index (Phi) is 9.89. The molecule has 3 aromatic rings. The number of aromatic nitrogens is 6. The van der Waals surface area contributed by atoms with Crippen molar-refractivity contribution in [3.05, 3.63) is 12.5 Å². The van der Waals surface area contributed by atoms with Gasteiger partial charge in [0, 0.05) is 27.2 Å². The highest BCUT2D eigenvalue weighted by atomic mass is 19.1. The van der Waals surface area contributed by atoms with E-state index in [-0.39, 0.29) is 13.2 Å². The molecule has 3 aromatic heterocycles. The highest BCUT2D eigenvalue weighted by molar-refractivity contribution is 5.87. The number of amides is 1. The third-order valence-electron chi connectivity index (χ3n) is 5.60. The van der Waals surface area contributed by atoms with Crippen LogP contribution in [0.5, 0.6) is 5.88 Å². The zero-order valence-corrected chi connectivity index (χ0v) is 24.1. The smallest absolute Gasteiger partial charge is 0.434 e. The lowest BCUT2D eigenvalue weighted by molar-refractivity contribution is -0.132. The number of aryl methyl sites for hydroxylation is 2. The van der Waals surface area contributed by atoms with Crippen LogP contribution in [-0.2, 0) is 23.2 Å². The Hall–Kier alpha value is -3.68. The summed E-state index contributed by atoms with van der Waals surface area (Å²) in [7, 11) is 4.89. The number of hydrogen-bond donors (Lipinski definition) is 1. The van der Waals surface area contributed by atoms with Crippen molar-refractivity contribution in [3.63, 3.8) is 0 Å². The van der Waals surface area contributed by atoms with Crippen LogP contribution in [0.3, 0.4) is 0 Å². The molecule has 1 N–H and O–H groups in total. The molecule has 1 fully saturated rings. The van der Waals surface area contributed by atoms with Gasteiger partial charge in [0.25, 0.3) is 5.88 Å². The van der Waals surface area contributed by atoms with Crippen LogP contribution in [0.25, 0.3) is 11.2 Å². The van der Waals surface area contributed by atoms with Crippen molar-refractivity contribution in [2.45, 2.75) is 65.8 Å². The van der Waals surface area contributed by atoms with Gasteiger partial charge in [0.2, 0.25) is 5.95 Å². The second-order valence-corrected chi connectivity index (χ2v) is 9.84. The fourth-order valence-corrected chi connectivity index (χ4v) is 3.81. The van der Waals surface area contributed by atoms with E-state index < -0.39 is 17.9 Å². The molecule has 39 heavy (non-hydrogen) atoms. The number of nitrogens with one attached hydrogen (secondary N) is 1. The Balaban J connectivity index is 0.00000205. The van der Waals surface area contributed by atoms with Crippen molar-refractivity contribution in [1.82, 2.24) is 34.4 Å². The van der Waals surface area contributed by atoms with Crippen LogP contribution < -0.4 is 15.0 Å². The molecule has 0 spiro atoms. The highest BCUT2D eigenvalue weighted by Gasteiger charge is 2.26. The number of carbonyl (C=O) groups excluding carboxylic acids is 1. The first kappa shape index (κ1) is 29.9. The average molecular weight is 550 g/mol. The lowest BCUT2D eigenvalue weighted by Crippen LogP contribution is -2.34. The molecule has 0 saturated carbocycles. The van der Waals surface area contributed by atoms with Crippen LogP contribution in [0.2, 0.25) is 0 Å². The minimum atomic E-state index is -0.895. The summed E-state index contributed by atoms with van der Waals surface area (Å²) in [5, 5.41) is 8.81. The van der Waals surface area contributed by atoms with Crippen molar-refractivity contribution in [2.24, 2.45) is 7.05 Å². The predicted octanol–water partition coefficient (Wildman–Crippen LogP) is 4.08. The fraction of sp³-hybridized carbons (Fsp3) is 0.640. The number of fused-ring (bicyclic) bond motifs is 1. The molecule has 13 nitrogen and oxygen atoms in total. The molecular weight excluding hydrogens is 509 g/mol. The molecule has 14 heteroatoms. The first-order chi connectivity index (χ1) is 18.5. The van der Waals surface area contributed by atoms with Gasteiger partial charge in [-0.15, -0.1) is 5.10 Å². The van der Waals surface area contributed by atoms with Crippen molar-refractivity contribution < 1.29 is 23.5 Å². The normalized spacial score (nSPS) is 15.2. The van der Waals surface area contributed by atoms with E-state index in [0.29, 0.717) is 60.4 Å². The quantitative estimate of drug-likeness (QED) is 0.308. The molecule has 4 rings (SSSR count). The number of imidazole rings is 1. The Labute approximate surface area is 228 Å². The number of rotatable bonds is 9. The van der Waals surface area contributed by atoms with Gasteiger partial charge in [-0.05, 0) is 33.6 Å². The largest absolute Gasteiger partial charge is 0.478 e. The number of ether oxygens (including phenoxy) is 2. The summed E-state index contributed by atoms with van der Waals surface area (Å²) < 4.78 is 28.1. The van der Waals surface area contributed by atoms with Crippen LogP contribution in [0.1, 0.15) is 47.5 Å². The van der Waals surface area contributed by atoms with Crippen LogP contribution in [0.15, 0.2) is 12.5 Å². The van der Waals surface area contributed by atoms with E-state index in [9.17, 15) is 9.18 Å². The Morgan fingerprint density at radius 3 is 2.67 bits per heavy atom. The number of anilines is 3. The summed E-state index contributed by atoms with van der Waals surface area (Å²) in [6, 6.07) is 0. The van der Waals surface area contributed by atoms with Crippen LogP contribution in [0, 0.1) is 0 Å². The van der Waals surface area contributed by atoms with E-state index in [1.54, 1.807) is 42.5 Å². The van der Waals surface area contributed by atoms with Crippen LogP contribution in [0.4, 0.5) is 26.6 Å². The highest BCUT2D eigenvalue weighted by Crippen LogP contribution is 2.30. The minimum Gasteiger partial charge on any atom is -0.478 e. The van der Waals surface area contributed by atoms with Gasteiger partial charge in [-0.1, -0.05) is 13.8 Å². The SMILES string of the molecule is CC.COc1nn(CCCON(C)C(=O)OC(C)(C)C)cc1Nc1nc(N2CCC(F)C2)nc2c1ncn2C. The summed E-state index contributed by atoms with van der Waals surface area (Å²) in [6.07, 6.45) is 3.03. The molecule has 0 aromatic carbocycles. The second kappa shape index (κ2) is 12.9. The standard InChI is InChI=1S/C23H34FN9O4.C2H6/c1-23(2,3)37-22(34)31(5)36-11-7-9-33-13-16(20(29-33)35-6)26-18-17-19(30(4)14-25-17)28-21(27-18)32-10-8-15(24)12-32;1-2/h13-15H,7-12H2,1-6H3,(H,26,27,28);1-2H3. The van der Waals surface area contributed by atoms with Gasteiger partial charge in [-0.25, -0.2) is 14.2 Å². The molecule has 0 radical (unpaired) electrons. The molecule has 0 bridgehead atoms. The maximum atomic E-state index is 13.8. The number of halogens is 1. The third kappa shape index (κ3) is 7.68. The molecule has 1 aliphatic heterocycles. The third-order valence-corrected chi connectivity index (χ3v) is 5.60. The summed E-state index contributed by atoms with van der Waals surface area (Å²) in [6.45, 7) is 11.0. The van der Waals surface area contributed by atoms with E-state index in [4.69, 9.17) is 14.3 Å². The number of carbonyl (C=O) groups is 1. The molecule has 1 unspecified atom stereocenters. The molecule has 1 amide bonds. The van der Waals surface area contributed by atoms with Gasteiger partial charge in [0.05, 0.1) is 32.8 Å². The number of hydrogen-bond acceptors (Lipinski definition) is 10. The summed E-state index contributed by atoms with van der Waals surface area (Å²) in [5.41, 5.74) is 1.21. The van der Waals surface area contributed by atoms with E-state index in [2.05, 4.69) is 25.4 Å². The van der Waals surface area contributed by atoms with E-state index in [1.807, 2.05) is 25.8 Å². The van der Waals surface area contributed by atoms with Crippen molar-refractivity contribution in [1.29, 1.82) is 0 Å². The van der Waals surface area contributed by atoms with Gasteiger partial charge < -0.3 is 24.3 Å². The lowest BCUT2D eigenvalue weighted by atomic mass is 10.2. The summed E-state index contributed by atoms with van der Waals surface area (Å²) >= 11 is 0. The van der Waals surface area contributed by atoms with Gasteiger partial charge in [0.15, 0.2) is 17.0 Å². The second-order valence-electron chi connectivity index (χ2n) is 9.84. The first-order valence-corrected chi connectivity index (χ1v) is 13.1. The molecule has 1 saturated heterocycles. The van der Waals surface area contributed by atoms with E-state index >= 15 is 0 Å². The summed E-state index contributed by atoms with van der Waals surface area (Å²) in [5.74, 6) is 1.29. The number of hydroxylamine groups is 2. The zero-order valence-electron chi connectivity index (χ0n) is 24.1. The molecule has 4 heterocycles. The van der Waals surface area contributed by atoms with Gasteiger partial charge in [0.1, 0.15) is 17.5 Å². The summed E-state index contributed by atoms with van der Waals surface area (Å²) in [4.78, 5) is 33.0. The van der Waals surface area contributed by atoms with E-state index in [1.165, 1.54) is 14.2 Å². The van der Waals surface area contributed by atoms with E-state index in [0.717, 1.165) is 5.06 Å². The molecule has 1 aliphatic rings. The van der Waals surface area contributed by atoms with Crippen molar-refractivity contribution in [2.75, 3.05) is 44.1 Å². The average Bonchev–Trinajstić information content (AvgIpc) is 3.60. The topological polar surface area (TPSA) is 125 Å².